The minimum absolute atomic E-state index is 0.120. The molecule has 0 aliphatic rings. The SMILES string of the molecule is Cc1cc(COc2ccc(-c3cc(C(N)=O)c(=O)[nH]c3C(F)(F)F)cc2)no1. The van der Waals surface area contributed by atoms with E-state index in [1.54, 1.807) is 18.0 Å². The number of halogens is 3. The molecule has 0 spiro atoms. The number of aryl methyl sites for hydroxylation is 1. The third-order valence-electron chi connectivity index (χ3n) is 3.82. The summed E-state index contributed by atoms with van der Waals surface area (Å²) in [6.07, 6.45) is -4.83. The van der Waals surface area contributed by atoms with Gasteiger partial charge in [-0.1, -0.05) is 17.3 Å². The maximum atomic E-state index is 13.3. The lowest BCUT2D eigenvalue weighted by Crippen LogP contribution is -2.27. The molecule has 0 bridgehead atoms. The Morgan fingerprint density at radius 2 is 1.93 bits per heavy atom. The summed E-state index contributed by atoms with van der Waals surface area (Å²) >= 11 is 0. The van der Waals surface area contributed by atoms with Crippen molar-refractivity contribution in [3.8, 4) is 16.9 Å². The molecule has 3 N–H and O–H groups in total. The van der Waals surface area contributed by atoms with E-state index in [9.17, 15) is 22.8 Å². The molecule has 0 saturated carbocycles. The molecule has 3 aromatic rings. The van der Waals surface area contributed by atoms with Crippen molar-refractivity contribution in [1.82, 2.24) is 10.1 Å². The van der Waals surface area contributed by atoms with Crippen LogP contribution in [0, 0.1) is 6.92 Å². The van der Waals surface area contributed by atoms with E-state index in [2.05, 4.69) is 5.16 Å². The predicted octanol–water partition coefficient (Wildman–Crippen LogP) is 3.04. The third kappa shape index (κ3) is 4.05. The number of pyridine rings is 1. The van der Waals surface area contributed by atoms with Crippen LogP contribution in [-0.4, -0.2) is 16.0 Å². The van der Waals surface area contributed by atoms with E-state index in [1.165, 1.54) is 24.3 Å². The van der Waals surface area contributed by atoms with Gasteiger partial charge in [-0.15, -0.1) is 0 Å². The Balaban J connectivity index is 1.93. The van der Waals surface area contributed by atoms with Gasteiger partial charge in [-0.2, -0.15) is 13.2 Å². The van der Waals surface area contributed by atoms with E-state index < -0.39 is 28.9 Å². The molecule has 2 aromatic heterocycles. The highest BCUT2D eigenvalue weighted by atomic mass is 19.4. The number of H-pyrrole nitrogens is 1. The second-order valence-electron chi connectivity index (χ2n) is 5.90. The van der Waals surface area contributed by atoms with Gasteiger partial charge < -0.3 is 20.0 Å². The fraction of sp³-hybridized carbons (Fsp3) is 0.167. The van der Waals surface area contributed by atoms with Gasteiger partial charge in [0, 0.05) is 11.6 Å². The number of carbonyl (C=O) groups excluding carboxylic acids is 1. The zero-order valence-corrected chi connectivity index (χ0v) is 14.5. The highest BCUT2D eigenvalue weighted by Crippen LogP contribution is 2.35. The van der Waals surface area contributed by atoms with Gasteiger partial charge in [0.25, 0.3) is 11.5 Å². The number of aromatic amines is 1. The lowest BCUT2D eigenvalue weighted by atomic mass is 10.0. The highest BCUT2D eigenvalue weighted by molar-refractivity contribution is 5.93. The summed E-state index contributed by atoms with van der Waals surface area (Å²) in [6.45, 7) is 1.85. The van der Waals surface area contributed by atoms with Crippen LogP contribution in [0.3, 0.4) is 0 Å². The van der Waals surface area contributed by atoms with Crippen LogP contribution < -0.4 is 16.0 Å². The Bertz CT molecular complexity index is 1070. The molecule has 28 heavy (non-hydrogen) atoms. The minimum atomic E-state index is -4.83. The quantitative estimate of drug-likeness (QED) is 0.692. The van der Waals surface area contributed by atoms with Crippen molar-refractivity contribution in [2.75, 3.05) is 0 Å². The maximum Gasteiger partial charge on any atom is 0.431 e. The Labute approximate surface area is 155 Å². The Kier molecular flexibility index (Phi) is 4.95. The van der Waals surface area contributed by atoms with Gasteiger partial charge in [0.15, 0.2) is 0 Å². The minimum Gasteiger partial charge on any atom is -0.487 e. The summed E-state index contributed by atoms with van der Waals surface area (Å²) in [7, 11) is 0. The maximum absolute atomic E-state index is 13.3. The van der Waals surface area contributed by atoms with E-state index >= 15 is 0 Å². The molecule has 0 atom stereocenters. The van der Waals surface area contributed by atoms with Gasteiger partial charge in [0.2, 0.25) is 0 Å². The molecule has 1 amide bonds. The van der Waals surface area contributed by atoms with Crippen molar-refractivity contribution in [3.63, 3.8) is 0 Å². The van der Waals surface area contributed by atoms with Crippen LogP contribution in [0.2, 0.25) is 0 Å². The van der Waals surface area contributed by atoms with Gasteiger partial charge >= 0.3 is 6.18 Å². The first-order chi connectivity index (χ1) is 13.1. The van der Waals surface area contributed by atoms with Crippen LogP contribution in [0.5, 0.6) is 5.75 Å². The number of amides is 1. The first-order valence-corrected chi connectivity index (χ1v) is 7.95. The number of hydrogen-bond acceptors (Lipinski definition) is 5. The van der Waals surface area contributed by atoms with Crippen molar-refractivity contribution in [1.29, 1.82) is 0 Å². The highest BCUT2D eigenvalue weighted by Gasteiger charge is 2.36. The average Bonchev–Trinajstić information content (AvgIpc) is 3.04. The van der Waals surface area contributed by atoms with E-state index in [1.807, 2.05) is 0 Å². The Morgan fingerprint density at radius 3 is 2.46 bits per heavy atom. The number of carbonyl (C=O) groups is 1. The van der Waals surface area contributed by atoms with Crippen LogP contribution in [0.4, 0.5) is 13.2 Å². The number of rotatable bonds is 5. The van der Waals surface area contributed by atoms with Crippen LogP contribution in [0.15, 0.2) is 45.7 Å². The molecule has 0 radical (unpaired) electrons. The summed E-state index contributed by atoms with van der Waals surface area (Å²) in [5.74, 6) is -0.117. The largest absolute Gasteiger partial charge is 0.487 e. The van der Waals surface area contributed by atoms with Crippen LogP contribution >= 0.6 is 0 Å². The zero-order chi connectivity index (χ0) is 20.5. The molecule has 0 unspecified atom stereocenters. The molecule has 146 valence electrons. The van der Waals surface area contributed by atoms with Crippen molar-refractivity contribution in [2.24, 2.45) is 5.73 Å². The van der Waals surface area contributed by atoms with Gasteiger partial charge in [0.05, 0.1) is 0 Å². The van der Waals surface area contributed by atoms with E-state index in [0.717, 1.165) is 6.07 Å². The monoisotopic (exact) mass is 393 g/mol. The third-order valence-corrected chi connectivity index (χ3v) is 3.82. The van der Waals surface area contributed by atoms with E-state index in [4.69, 9.17) is 15.0 Å². The first kappa shape index (κ1) is 19.2. The van der Waals surface area contributed by atoms with Gasteiger partial charge in [0.1, 0.15) is 35.1 Å². The molecular weight excluding hydrogens is 379 g/mol. The summed E-state index contributed by atoms with van der Waals surface area (Å²) in [4.78, 5) is 24.7. The fourth-order valence-electron chi connectivity index (χ4n) is 2.54. The lowest BCUT2D eigenvalue weighted by molar-refractivity contribution is -0.140. The average molecular weight is 393 g/mol. The van der Waals surface area contributed by atoms with Gasteiger partial charge in [-0.05, 0) is 30.7 Å². The van der Waals surface area contributed by atoms with E-state index in [-0.39, 0.29) is 17.7 Å². The topological polar surface area (TPSA) is 111 Å². The van der Waals surface area contributed by atoms with Crippen LogP contribution in [0.25, 0.3) is 11.1 Å². The van der Waals surface area contributed by atoms with E-state index in [0.29, 0.717) is 17.2 Å². The number of benzene rings is 1. The summed E-state index contributed by atoms with van der Waals surface area (Å²) in [5, 5.41) is 3.77. The number of hydrogen-bond donors (Lipinski definition) is 2. The number of nitrogens with two attached hydrogens (primary N) is 1. The molecule has 0 fully saturated rings. The van der Waals surface area contributed by atoms with Crippen molar-refractivity contribution < 1.29 is 27.2 Å². The first-order valence-electron chi connectivity index (χ1n) is 7.95. The number of ether oxygens (including phenoxy) is 1. The number of nitrogens with zero attached hydrogens (tertiary/aromatic N) is 1. The summed E-state index contributed by atoms with van der Waals surface area (Å²) < 4.78 is 50.3. The lowest BCUT2D eigenvalue weighted by Gasteiger charge is -2.14. The van der Waals surface area contributed by atoms with Crippen LogP contribution in [0.1, 0.15) is 27.5 Å². The smallest absolute Gasteiger partial charge is 0.431 e. The van der Waals surface area contributed by atoms with Crippen molar-refractivity contribution >= 4 is 5.91 Å². The predicted molar refractivity (Wildman–Crippen MR) is 91.6 cm³/mol. The molecule has 7 nitrogen and oxygen atoms in total. The number of alkyl halides is 3. The molecule has 2 heterocycles. The second-order valence-corrected chi connectivity index (χ2v) is 5.90. The molecule has 1 aromatic carbocycles. The molecule has 0 saturated heterocycles. The standard InChI is InChI=1S/C18H14F3N3O4/c1-9-6-11(24-28-9)8-27-12-4-2-10(3-5-12)13-7-14(16(22)25)17(26)23-15(13)18(19,20)21/h2-7H,8H2,1H3,(H2,22,25)(H,23,26). The summed E-state index contributed by atoms with van der Waals surface area (Å²) in [6, 6.07) is 8.18. The second kappa shape index (κ2) is 7.22. The van der Waals surface area contributed by atoms with Gasteiger partial charge in [-0.25, -0.2) is 0 Å². The zero-order valence-electron chi connectivity index (χ0n) is 14.5. The number of primary amides is 1. The van der Waals surface area contributed by atoms with Crippen molar-refractivity contribution in [3.05, 3.63) is 69.5 Å². The molecule has 10 heteroatoms. The molecule has 0 aliphatic heterocycles. The molecule has 3 rings (SSSR count). The molecule has 0 aliphatic carbocycles. The van der Waals surface area contributed by atoms with Crippen molar-refractivity contribution in [2.45, 2.75) is 19.7 Å². The Hall–Kier alpha value is -3.56. The fourth-order valence-corrected chi connectivity index (χ4v) is 2.54. The molecular formula is C18H14F3N3O4. The normalized spacial score (nSPS) is 11.4. The number of nitrogens with one attached hydrogen (secondary N) is 1. The van der Waals surface area contributed by atoms with Gasteiger partial charge in [-0.3, -0.25) is 9.59 Å². The van der Waals surface area contributed by atoms with Crippen LogP contribution in [-0.2, 0) is 12.8 Å². The number of aromatic nitrogens is 2. The Morgan fingerprint density at radius 1 is 1.25 bits per heavy atom. The summed E-state index contributed by atoms with van der Waals surface area (Å²) in [5.41, 5.74) is 2.34.